The van der Waals surface area contributed by atoms with E-state index in [9.17, 15) is 4.79 Å². The first kappa shape index (κ1) is 21.6. The van der Waals surface area contributed by atoms with Gasteiger partial charge in [0.1, 0.15) is 0 Å². The fourth-order valence-corrected chi connectivity index (χ4v) is 4.61. The van der Waals surface area contributed by atoms with Crippen LogP contribution in [0.2, 0.25) is 0 Å². The quantitative estimate of drug-likeness (QED) is 0.702. The topological polar surface area (TPSA) is 38.8 Å². The van der Waals surface area contributed by atoms with E-state index in [0.717, 1.165) is 24.8 Å². The largest absolute Gasteiger partial charge is 0.356 e. The summed E-state index contributed by atoms with van der Waals surface area (Å²) in [7, 11) is 0. The molecule has 0 aromatic heterocycles. The maximum absolute atomic E-state index is 10.6. The Labute approximate surface area is 161 Å². The van der Waals surface area contributed by atoms with Gasteiger partial charge in [0.15, 0.2) is 0 Å². The van der Waals surface area contributed by atoms with Gasteiger partial charge in [-0.15, -0.1) is 0 Å². The van der Waals surface area contributed by atoms with Gasteiger partial charge >= 0.3 is 0 Å². The van der Waals surface area contributed by atoms with Crippen molar-refractivity contribution in [3.8, 4) is 0 Å². The third kappa shape index (κ3) is 6.50. The summed E-state index contributed by atoms with van der Waals surface area (Å²) in [5, 5.41) is 3.00. The second-order valence-electron chi connectivity index (χ2n) is 9.33. The smallest absolute Gasteiger partial charge is 0.207 e. The number of rotatable bonds is 7. The number of carbonyl (C=O) groups excluding carboxylic acids is 1. The number of fused-ring (bicyclic) bond motifs is 2. The number of piperidine rings is 1. The molecule has 3 unspecified atom stereocenters. The van der Waals surface area contributed by atoms with Crippen LogP contribution in [0.25, 0.3) is 0 Å². The van der Waals surface area contributed by atoms with Gasteiger partial charge in [0.25, 0.3) is 0 Å². The van der Waals surface area contributed by atoms with Gasteiger partial charge in [0, 0.05) is 50.8 Å². The first-order chi connectivity index (χ1) is 12.4. The fraction of sp³-hybridized carbons (Fsp3) is 0.952. The molecule has 0 radical (unpaired) electrons. The van der Waals surface area contributed by atoms with Crippen molar-refractivity contribution in [3.05, 3.63) is 0 Å². The van der Waals surface area contributed by atoms with Crippen LogP contribution in [0.5, 0.6) is 0 Å². The molecule has 0 aromatic carbocycles. The Bertz CT molecular complexity index is 404. The van der Waals surface area contributed by atoms with E-state index in [0.29, 0.717) is 18.0 Å². The van der Waals surface area contributed by atoms with Crippen molar-refractivity contribution >= 4 is 6.41 Å². The molecule has 1 aliphatic carbocycles. The zero-order valence-corrected chi connectivity index (χ0v) is 17.8. The van der Waals surface area contributed by atoms with E-state index in [1.54, 1.807) is 0 Å². The molecule has 0 spiro atoms. The summed E-state index contributed by atoms with van der Waals surface area (Å²) in [6.45, 7) is 19.7. The average Bonchev–Trinajstić information content (AvgIpc) is 3.15. The second-order valence-corrected chi connectivity index (χ2v) is 9.33. The summed E-state index contributed by atoms with van der Waals surface area (Å²) in [4.78, 5) is 18.5. The Morgan fingerprint density at radius 1 is 1.00 bits per heavy atom. The van der Waals surface area contributed by atoms with Gasteiger partial charge in [-0.25, -0.2) is 0 Å². The van der Waals surface area contributed by atoms with Crippen LogP contribution in [-0.4, -0.2) is 85.0 Å². The minimum absolute atomic E-state index is 0.447. The molecule has 1 amide bonds. The van der Waals surface area contributed by atoms with E-state index in [1.807, 2.05) is 0 Å². The van der Waals surface area contributed by atoms with Gasteiger partial charge in [-0.1, -0.05) is 20.8 Å². The molecule has 2 aliphatic heterocycles. The van der Waals surface area contributed by atoms with Crippen molar-refractivity contribution in [1.29, 1.82) is 0 Å². The van der Waals surface area contributed by atoms with Gasteiger partial charge in [-0.3, -0.25) is 14.6 Å². The van der Waals surface area contributed by atoms with Gasteiger partial charge in [0.2, 0.25) is 6.41 Å². The molecule has 26 heavy (non-hydrogen) atoms. The third-order valence-corrected chi connectivity index (χ3v) is 5.99. The first-order valence-corrected chi connectivity index (χ1v) is 10.8. The monoisotopic (exact) mass is 366 g/mol. The van der Waals surface area contributed by atoms with Crippen LogP contribution in [0.4, 0.5) is 0 Å². The number of nitrogens with one attached hydrogen (secondary N) is 1. The number of hydrogen-bond acceptors (Lipinski definition) is 4. The van der Waals surface area contributed by atoms with E-state index < -0.39 is 0 Å². The Kier molecular flexibility index (Phi) is 8.85. The van der Waals surface area contributed by atoms with Crippen molar-refractivity contribution in [2.45, 2.75) is 72.0 Å². The van der Waals surface area contributed by atoms with Crippen molar-refractivity contribution < 1.29 is 4.79 Å². The van der Waals surface area contributed by atoms with Crippen molar-refractivity contribution in [2.75, 3.05) is 45.8 Å². The van der Waals surface area contributed by atoms with E-state index in [1.165, 1.54) is 58.7 Å². The standard InChI is InChI=1S/C17H32N4O.C4H10/c1-14(2)20-8-6-19(7-9-20)4-3-5-21-12-15-10-16(21)11-17(15)18-13-22;1-4(2)3/h13-17H,3-12H2,1-2H3,(H,18,22);4H,1-3H3. The highest BCUT2D eigenvalue weighted by Crippen LogP contribution is 2.37. The van der Waals surface area contributed by atoms with Crippen LogP contribution in [0.3, 0.4) is 0 Å². The van der Waals surface area contributed by atoms with Crippen LogP contribution in [0.1, 0.15) is 53.9 Å². The average molecular weight is 367 g/mol. The third-order valence-electron chi connectivity index (χ3n) is 5.99. The van der Waals surface area contributed by atoms with E-state index >= 15 is 0 Å². The molecule has 1 saturated carbocycles. The minimum Gasteiger partial charge on any atom is -0.356 e. The normalized spacial score (nSPS) is 29.9. The number of hydrogen-bond donors (Lipinski definition) is 1. The molecule has 152 valence electrons. The molecule has 2 saturated heterocycles. The summed E-state index contributed by atoms with van der Waals surface area (Å²) in [6.07, 6.45) is 4.62. The van der Waals surface area contributed by atoms with E-state index in [-0.39, 0.29) is 0 Å². The van der Waals surface area contributed by atoms with Crippen LogP contribution in [-0.2, 0) is 4.79 Å². The van der Waals surface area contributed by atoms with Crippen molar-refractivity contribution in [2.24, 2.45) is 11.8 Å². The number of likely N-dealkylation sites (tertiary alicyclic amines) is 1. The summed E-state index contributed by atoms with van der Waals surface area (Å²) >= 11 is 0. The Morgan fingerprint density at radius 2 is 1.65 bits per heavy atom. The van der Waals surface area contributed by atoms with Crippen molar-refractivity contribution in [3.63, 3.8) is 0 Å². The maximum Gasteiger partial charge on any atom is 0.207 e. The van der Waals surface area contributed by atoms with Crippen molar-refractivity contribution in [1.82, 2.24) is 20.0 Å². The lowest BCUT2D eigenvalue weighted by atomic mass is 10.0. The van der Waals surface area contributed by atoms with Crippen LogP contribution >= 0.6 is 0 Å². The number of amides is 1. The lowest BCUT2D eigenvalue weighted by molar-refractivity contribution is -0.110. The number of piperazine rings is 1. The predicted octanol–water partition coefficient (Wildman–Crippen LogP) is 2.27. The number of nitrogens with zero attached hydrogens (tertiary/aromatic N) is 3. The lowest BCUT2D eigenvalue weighted by Crippen LogP contribution is -2.49. The molecule has 1 N–H and O–H groups in total. The molecular formula is C21H42N4O. The predicted molar refractivity (Wildman–Crippen MR) is 109 cm³/mol. The molecule has 3 fully saturated rings. The maximum atomic E-state index is 10.6. The zero-order chi connectivity index (χ0) is 19.1. The Balaban J connectivity index is 0.000000552. The zero-order valence-electron chi connectivity index (χ0n) is 17.8. The van der Waals surface area contributed by atoms with Gasteiger partial charge in [0.05, 0.1) is 0 Å². The number of carbonyl (C=O) groups is 1. The van der Waals surface area contributed by atoms with Gasteiger partial charge in [-0.2, -0.15) is 0 Å². The first-order valence-electron chi connectivity index (χ1n) is 10.8. The second kappa shape index (κ2) is 10.6. The van der Waals surface area contributed by atoms with Gasteiger partial charge < -0.3 is 10.2 Å². The molecule has 5 heteroatoms. The summed E-state index contributed by atoms with van der Waals surface area (Å²) in [5.41, 5.74) is 0. The van der Waals surface area contributed by atoms with Crippen LogP contribution < -0.4 is 5.32 Å². The molecule has 5 nitrogen and oxygen atoms in total. The summed E-state index contributed by atoms with van der Waals surface area (Å²) in [5.74, 6) is 1.53. The molecule has 2 heterocycles. The highest BCUT2D eigenvalue weighted by molar-refractivity contribution is 5.47. The fourth-order valence-electron chi connectivity index (χ4n) is 4.61. The Morgan fingerprint density at radius 3 is 2.15 bits per heavy atom. The van der Waals surface area contributed by atoms with Crippen LogP contribution in [0.15, 0.2) is 0 Å². The van der Waals surface area contributed by atoms with Crippen LogP contribution in [0, 0.1) is 11.8 Å². The molecule has 0 aromatic rings. The summed E-state index contributed by atoms with van der Waals surface area (Å²) in [6, 6.07) is 1.86. The van der Waals surface area contributed by atoms with E-state index in [4.69, 9.17) is 0 Å². The molecule has 2 bridgehead atoms. The molecule has 3 atom stereocenters. The summed E-state index contributed by atoms with van der Waals surface area (Å²) < 4.78 is 0. The molecule has 3 aliphatic rings. The molecule has 3 rings (SSSR count). The highest BCUT2D eigenvalue weighted by atomic mass is 16.1. The Hall–Kier alpha value is -0.650. The van der Waals surface area contributed by atoms with Gasteiger partial charge in [-0.05, 0) is 58.0 Å². The van der Waals surface area contributed by atoms with E-state index in [2.05, 4.69) is 54.6 Å². The lowest BCUT2D eigenvalue weighted by Gasteiger charge is -2.37. The minimum atomic E-state index is 0.447. The SMILES string of the molecule is CC(C)C.CC(C)N1CCN(CCCN2CC3CC2CC3NC=O)CC1. The highest BCUT2D eigenvalue weighted by Gasteiger charge is 2.43. The molecular weight excluding hydrogens is 324 g/mol.